The van der Waals surface area contributed by atoms with Crippen molar-refractivity contribution in [1.82, 2.24) is 5.43 Å². The summed E-state index contributed by atoms with van der Waals surface area (Å²) in [6.45, 7) is 3.94. The molecule has 122 valence electrons. The minimum atomic E-state index is -0.271. The average Bonchev–Trinajstić information content (AvgIpc) is 2.55. The molecule has 0 saturated heterocycles. The van der Waals surface area contributed by atoms with Gasteiger partial charge >= 0.3 is 0 Å². The highest BCUT2D eigenvalue weighted by Crippen LogP contribution is 2.34. The minimum absolute atomic E-state index is 0.0785. The molecule has 0 aliphatic heterocycles. The molecular formula is C17H18Br2N2O2. The van der Waals surface area contributed by atoms with E-state index < -0.39 is 0 Å². The molecule has 0 saturated carbocycles. The van der Waals surface area contributed by atoms with Crippen molar-refractivity contribution in [3.05, 3.63) is 39.3 Å². The summed E-state index contributed by atoms with van der Waals surface area (Å²) < 4.78 is 7.45. The monoisotopic (exact) mass is 440 g/mol. The van der Waals surface area contributed by atoms with E-state index in [9.17, 15) is 4.79 Å². The lowest BCUT2D eigenvalue weighted by molar-refractivity contribution is -0.123. The number of halogens is 2. The molecule has 0 aliphatic carbocycles. The van der Waals surface area contributed by atoms with Crippen LogP contribution in [-0.2, 0) is 4.79 Å². The van der Waals surface area contributed by atoms with Gasteiger partial charge in [0.05, 0.1) is 4.47 Å². The third-order valence-corrected chi connectivity index (χ3v) is 4.71. The Hall–Kier alpha value is -1.40. The number of rotatable bonds is 6. The smallest absolute Gasteiger partial charge is 0.277 e. The first-order chi connectivity index (χ1) is 11.0. The average molecular weight is 442 g/mol. The van der Waals surface area contributed by atoms with E-state index in [0.717, 1.165) is 38.3 Å². The fourth-order valence-electron chi connectivity index (χ4n) is 2.08. The molecule has 2 aromatic carbocycles. The zero-order valence-corrected chi connectivity index (χ0v) is 16.2. The molecule has 6 heteroatoms. The lowest BCUT2D eigenvalue weighted by atomic mass is 10.1. The van der Waals surface area contributed by atoms with Crippen molar-refractivity contribution in [2.75, 3.05) is 6.61 Å². The molecule has 0 aliphatic rings. The highest BCUT2D eigenvalue weighted by atomic mass is 79.9. The van der Waals surface area contributed by atoms with E-state index in [0.29, 0.717) is 5.75 Å². The Bertz CT molecular complexity index is 739. The lowest BCUT2D eigenvalue weighted by Gasteiger charge is -2.10. The van der Waals surface area contributed by atoms with Gasteiger partial charge in [-0.3, -0.25) is 4.79 Å². The second-order valence-electron chi connectivity index (χ2n) is 4.95. The van der Waals surface area contributed by atoms with Crippen molar-refractivity contribution in [2.45, 2.75) is 26.7 Å². The van der Waals surface area contributed by atoms with E-state index in [4.69, 9.17) is 4.74 Å². The largest absolute Gasteiger partial charge is 0.483 e. The van der Waals surface area contributed by atoms with E-state index in [1.807, 2.05) is 44.2 Å². The van der Waals surface area contributed by atoms with Gasteiger partial charge in [0.1, 0.15) is 5.75 Å². The zero-order valence-electron chi connectivity index (χ0n) is 13.0. The van der Waals surface area contributed by atoms with Gasteiger partial charge in [0.2, 0.25) is 0 Å². The van der Waals surface area contributed by atoms with Gasteiger partial charge in [-0.05, 0) is 57.7 Å². The maximum atomic E-state index is 11.8. The van der Waals surface area contributed by atoms with E-state index >= 15 is 0 Å². The first kappa shape index (κ1) is 17.9. The van der Waals surface area contributed by atoms with Gasteiger partial charge in [-0.25, -0.2) is 5.43 Å². The van der Waals surface area contributed by atoms with E-state index in [1.165, 1.54) is 0 Å². The third-order valence-electron chi connectivity index (χ3n) is 3.39. The highest BCUT2D eigenvalue weighted by molar-refractivity contribution is 9.11. The second-order valence-corrected chi connectivity index (χ2v) is 6.66. The molecule has 4 nitrogen and oxygen atoms in total. The maximum Gasteiger partial charge on any atom is 0.277 e. The number of amides is 1. The number of hydrogen-bond donors (Lipinski definition) is 1. The maximum absolute atomic E-state index is 11.8. The lowest BCUT2D eigenvalue weighted by Crippen LogP contribution is -2.25. The van der Waals surface area contributed by atoms with Crippen LogP contribution < -0.4 is 10.2 Å². The fourth-order valence-corrected chi connectivity index (χ4v) is 3.07. The minimum Gasteiger partial charge on any atom is -0.483 e. The Morgan fingerprint density at radius 1 is 1.17 bits per heavy atom. The quantitative estimate of drug-likeness (QED) is 0.504. The normalized spacial score (nSPS) is 10.4. The summed E-state index contributed by atoms with van der Waals surface area (Å²) in [7, 11) is 0. The van der Waals surface area contributed by atoms with Crippen molar-refractivity contribution in [2.24, 2.45) is 5.10 Å². The van der Waals surface area contributed by atoms with Crippen molar-refractivity contribution in [3.63, 3.8) is 0 Å². The van der Waals surface area contributed by atoms with Gasteiger partial charge in [-0.15, -0.1) is 0 Å². The summed E-state index contributed by atoms with van der Waals surface area (Å²) in [5.41, 5.74) is 3.48. The van der Waals surface area contributed by atoms with E-state index in [2.05, 4.69) is 42.4 Å². The number of nitrogens with zero attached hydrogens (tertiary/aromatic N) is 1. The van der Waals surface area contributed by atoms with Crippen LogP contribution >= 0.6 is 31.9 Å². The van der Waals surface area contributed by atoms with E-state index in [1.54, 1.807) is 0 Å². The van der Waals surface area contributed by atoms with Crippen LogP contribution in [-0.4, -0.2) is 18.2 Å². The topological polar surface area (TPSA) is 50.7 Å². The number of fused-ring (bicyclic) bond motifs is 1. The third kappa shape index (κ3) is 4.78. The van der Waals surface area contributed by atoms with Crippen LogP contribution in [0.3, 0.4) is 0 Å². The van der Waals surface area contributed by atoms with Crippen molar-refractivity contribution in [3.8, 4) is 5.75 Å². The Morgan fingerprint density at radius 3 is 2.61 bits per heavy atom. The van der Waals surface area contributed by atoms with E-state index in [-0.39, 0.29) is 12.5 Å². The van der Waals surface area contributed by atoms with Crippen LogP contribution in [0.5, 0.6) is 5.75 Å². The zero-order chi connectivity index (χ0) is 16.8. The van der Waals surface area contributed by atoms with Gasteiger partial charge in [0.25, 0.3) is 5.91 Å². The van der Waals surface area contributed by atoms with Gasteiger partial charge in [-0.1, -0.05) is 41.9 Å². The number of carbonyl (C=O) groups excluding carboxylic acids is 1. The molecule has 2 aromatic rings. The van der Waals surface area contributed by atoms with Crippen LogP contribution in [0.1, 0.15) is 26.7 Å². The van der Waals surface area contributed by atoms with Crippen LogP contribution in [0.2, 0.25) is 0 Å². The molecule has 1 amide bonds. The molecule has 0 heterocycles. The molecule has 1 N–H and O–H groups in total. The molecule has 2 rings (SSSR count). The summed E-state index contributed by atoms with van der Waals surface area (Å²) in [6.07, 6.45) is 1.65. The van der Waals surface area contributed by atoms with Gasteiger partial charge in [0, 0.05) is 10.2 Å². The van der Waals surface area contributed by atoms with Crippen LogP contribution in [0.4, 0.5) is 0 Å². The number of hydrogen-bond acceptors (Lipinski definition) is 3. The van der Waals surface area contributed by atoms with Crippen molar-refractivity contribution in [1.29, 1.82) is 0 Å². The second kappa shape index (κ2) is 8.45. The van der Waals surface area contributed by atoms with Gasteiger partial charge in [0.15, 0.2) is 6.61 Å². The predicted octanol–water partition coefficient (Wildman–Crippen LogP) is 5.04. The summed E-state index contributed by atoms with van der Waals surface area (Å²) in [4.78, 5) is 11.8. The standard InChI is InChI=1S/C17H18Br2N2O2/c1-3-13(4-2)20-21-16(22)10-23-15-8-5-11-9-12(18)6-7-14(11)17(15)19/h5-9H,3-4,10H2,1-2H3,(H,21,22). The van der Waals surface area contributed by atoms with Gasteiger partial charge in [-0.2, -0.15) is 5.10 Å². The SMILES string of the molecule is CCC(CC)=NNC(=O)COc1ccc2cc(Br)ccc2c1Br. The van der Waals surface area contributed by atoms with Crippen molar-refractivity contribution >= 4 is 54.3 Å². The predicted molar refractivity (Wildman–Crippen MR) is 101 cm³/mol. The van der Waals surface area contributed by atoms with Crippen LogP contribution in [0, 0.1) is 0 Å². The molecule has 0 unspecified atom stereocenters. The molecule has 0 radical (unpaired) electrons. The number of carbonyl (C=O) groups is 1. The Labute approximate surface area is 152 Å². The number of benzene rings is 2. The molecule has 0 fully saturated rings. The highest BCUT2D eigenvalue weighted by Gasteiger charge is 2.09. The van der Waals surface area contributed by atoms with Crippen LogP contribution in [0.25, 0.3) is 10.8 Å². The Morgan fingerprint density at radius 2 is 1.91 bits per heavy atom. The fraction of sp³-hybridized carbons (Fsp3) is 0.294. The number of ether oxygens (including phenoxy) is 1. The van der Waals surface area contributed by atoms with Crippen molar-refractivity contribution < 1.29 is 9.53 Å². The first-order valence-corrected chi connectivity index (χ1v) is 8.98. The summed E-state index contributed by atoms with van der Waals surface area (Å²) in [6, 6.07) is 9.80. The molecular weight excluding hydrogens is 424 g/mol. The summed E-state index contributed by atoms with van der Waals surface area (Å²) >= 11 is 7.00. The molecule has 0 spiro atoms. The Balaban J connectivity index is 2.05. The van der Waals surface area contributed by atoms with Gasteiger partial charge < -0.3 is 4.74 Å². The molecule has 23 heavy (non-hydrogen) atoms. The molecule has 0 aromatic heterocycles. The number of hydrazone groups is 1. The summed E-state index contributed by atoms with van der Waals surface area (Å²) in [5.74, 6) is 0.359. The Kier molecular flexibility index (Phi) is 6.59. The molecule has 0 atom stereocenters. The molecule has 0 bridgehead atoms. The number of nitrogens with one attached hydrogen (secondary N) is 1. The van der Waals surface area contributed by atoms with Crippen LogP contribution in [0.15, 0.2) is 44.4 Å². The summed E-state index contributed by atoms with van der Waals surface area (Å²) in [5, 5.41) is 6.19. The first-order valence-electron chi connectivity index (χ1n) is 7.40.